The van der Waals surface area contributed by atoms with Crippen molar-refractivity contribution in [2.24, 2.45) is 11.7 Å². The molecule has 1 rings (SSSR count). The SMILES string of the molecule is NC(CCO[SH](=O)=O)C1CCCCC1. The normalized spacial score (nSPS) is 21.3. The number of nitrogens with two attached hydrogens (primary N) is 1. The molecule has 0 amide bonds. The fraction of sp³-hybridized carbons (Fsp3) is 1.00. The van der Waals surface area contributed by atoms with E-state index in [1.165, 1.54) is 32.1 Å². The van der Waals surface area contributed by atoms with Crippen molar-refractivity contribution in [2.75, 3.05) is 6.61 Å². The minimum Gasteiger partial charge on any atom is -0.327 e. The molecule has 1 aliphatic carbocycles. The van der Waals surface area contributed by atoms with Crippen molar-refractivity contribution < 1.29 is 12.6 Å². The Morgan fingerprint density at radius 3 is 2.50 bits per heavy atom. The summed E-state index contributed by atoms with van der Waals surface area (Å²) in [6.07, 6.45) is 6.85. The standard InChI is InChI=1S/C9H19NO3S/c10-9(6-7-13-14(11)12)8-4-2-1-3-5-8/h8-9,14H,1-7,10H2. The van der Waals surface area contributed by atoms with Crippen LogP contribution in [0.4, 0.5) is 0 Å². The van der Waals surface area contributed by atoms with Crippen LogP contribution in [0, 0.1) is 5.92 Å². The second kappa shape index (κ2) is 6.37. The number of hydrogen-bond acceptors (Lipinski definition) is 4. The van der Waals surface area contributed by atoms with Gasteiger partial charge in [0.25, 0.3) is 11.0 Å². The Hall–Kier alpha value is -0.130. The lowest BCUT2D eigenvalue weighted by molar-refractivity contribution is 0.251. The number of thiol groups is 1. The highest BCUT2D eigenvalue weighted by Gasteiger charge is 2.19. The van der Waals surface area contributed by atoms with Crippen LogP contribution in [0.1, 0.15) is 38.5 Å². The molecule has 1 aliphatic rings. The van der Waals surface area contributed by atoms with E-state index in [2.05, 4.69) is 4.18 Å². The van der Waals surface area contributed by atoms with Gasteiger partial charge >= 0.3 is 0 Å². The molecule has 1 fully saturated rings. The van der Waals surface area contributed by atoms with Crippen LogP contribution in [0.3, 0.4) is 0 Å². The first-order valence-electron chi connectivity index (χ1n) is 5.23. The molecule has 0 aromatic carbocycles. The molecule has 0 heterocycles. The maximum absolute atomic E-state index is 10.1. The van der Waals surface area contributed by atoms with Gasteiger partial charge in [0.15, 0.2) is 0 Å². The van der Waals surface area contributed by atoms with Gasteiger partial charge in [-0.25, -0.2) is 8.42 Å². The van der Waals surface area contributed by atoms with Gasteiger partial charge in [0, 0.05) is 6.04 Å². The van der Waals surface area contributed by atoms with E-state index in [1.54, 1.807) is 0 Å². The topological polar surface area (TPSA) is 69.4 Å². The van der Waals surface area contributed by atoms with E-state index in [9.17, 15) is 8.42 Å². The average Bonchev–Trinajstić information content (AvgIpc) is 2.18. The summed E-state index contributed by atoms with van der Waals surface area (Å²) in [6.45, 7) is 0.233. The Labute approximate surface area is 87.0 Å². The molecule has 1 saturated carbocycles. The Morgan fingerprint density at radius 2 is 1.93 bits per heavy atom. The molecule has 0 aliphatic heterocycles. The summed E-state index contributed by atoms with van der Waals surface area (Å²) in [7, 11) is -2.70. The van der Waals surface area contributed by atoms with Crippen LogP contribution < -0.4 is 5.73 Å². The minimum absolute atomic E-state index is 0.102. The van der Waals surface area contributed by atoms with Gasteiger partial charge in [-0.15, -0.1) is 0 Å². The summed E-state index contributed by atoms with van der Waals surface area (Å²) in [4.78, 5) is 0. The molecule has 84 valence electrons. The van der Waals surface area contributed by atoms with Crippen molar-refractivity contribution in [1.82, 2.24) is 0 Å². The van der Waals surface area contributed by atoms with Gasteiger partial charge in [-0.1, -0.05) is 19.3 Å². The maximum atomic E-state index is 10.1. The molecular weight excluding hydrogens is 202 g/mol. The number of hydrogen-bond donors (Lipinski definition) is 2. The van der Waals surface area contributed by atoms with Crippen molar-refractivity contribution in [3.8, 4) is 0 Å². The van der Waals surface area contributed by atoms with Crippen LogP contribution in [0.15, 0.2) is 0 Å². The quantitative estimate of drug-likeness (QED) is 0.675. The fourth-order valence-electron chi connectivity index (χ4n) is 2.06. The van der Waals surface area contributed by atoms with Gasteiger partial charge in [-0.3, -0.25) is 4.18 Å². The van der Waals surface area contributed by atoms with E-state index >= 15 is 0 Å². The van der Waals surface area contributed by atoms with Gasteiger partial charge in [0.05, 0.1) is 6.61 Å². The second-order valence-corrected chi connectivity index (χ2v) is 4.61. The molecule has 5 heteroatoms. The van der Waals surface area contributed by atoms with Crippen molar-refractivity contribution in [3.63, 3.8) is 0 Å². The smallest absolute Gasteiger partial charge is 0.257 e. The zero-order valence-electron chi connectivity index (χ0n) is 8.35. The summed E-state index contributed by atoms with van der Waals surface area (Å²) >= 11 is 0. The largest absolute Gasteiger partial charge is 0.327 e. The van der Waals surface area contributed by atoms with Gasteiger partial charge in [-0.2, -0.15) is 0 Å². The molecule has 1 atom stereocenters. The van der Waals surface area contributed by atoms with E-state index in [1.807, 2.05) is 0 Å². The van der Waals surface area contributed by atoms with Crippen molar-refractivity contribution >= 4 is 11.0 Å². The van der Waals surface area contributed by atoms with E-state index in [0.717, 1.165) is 0 Å². The minimum atomic E-state index is -2.70. The lowest BCUT2D eigenvalue weighted by Gasteiger charge is -2.27. The van der Waals surface area contributed by atoms with Crippen LogP contribution in [0.25, 0.3) is 0 Å². The maximum Gasteiger partial charge on any atom is 0.257 e. The van der Waals surface area contributed by atoms with E-state index in [-0.39, 0.29) is 12.6 Å². The first kappa shape index (κ1) is 11.9. The first-order valence-corrected chi connectivity index (χ1v) is 6.32. The molecular formula is C9H19NO3S. The Bertz CT molecular complexity index is 216. The van der Waals surface area contributed by atoms with E-state index in [0.29, 0.717) is 12.3 Å². The van der Waals surface area contributed by atoms with Crippen LogP contribution in [-0.2, 0) is 15.2 Å². The third kappa shape index (κ3) is 4.39. The van der Waals surface area contributed by atoms with Gasteiger partial charge in [0.2, 0.25) is 0 Å². The van der Waals surface area contributed by atoms with Crippen LogP contribution in [0.2, 0.25) is 0 Å². The zero-order valence-corrected chi connectivity index (χ0v) is 9.25. The molecule has 0 saturated heterocycles. The molecule has 0 aromatic rings. The third-order valence-electron chi connectivity index (χ3n) is 2.90. The predicted molar refractivity (Wildman–Crippen MR) is 55.4 cm³/mol. The highest BCUT2D eigenvalue weighted by Crippen LogP contribution is 2.26. The predicted octanol–water partition coefficient (Wildman–Crippen LogP) is 0.827. The average molecular weight is 221 g/mol. The van der Waals surface area contributed by atoms with Crippen molar-refractivity contribution in [1.29, 1.82) is 0 Å². The third-order valence-corrected chi connectivity index (χ3v) is 3.30. The molecule has 4 nitrogen and oxygen atoms in total. The Morgan fingerprint density at radius 1 is 1.29 bits per heavy atom. The first-order chi connectivity index (χ1) is 6.70. The molecule has 0 radical (unpaired) electrons. The summed E-state index contributed by atoms with van der Waals surface area (Å²) < 4.78 is 24.7. The van der Waals surface area contributed by atoms with E-state index in [4.69, 9.17) is 5.73 Å². The molecule has 0 spiro atoms. The number of rotatable bonds is 5. The highest BCUT2D eigenvalue weighted by atomic mass is 32.2. The fourth-order valence-corrected chi connectivity index (χ4v) is 2.32. The molecule has 0 bridgehead atoms. The molecule has 2 N–H and O–H groups in total. The highest BCUT2D eigenvalue weighted by molar-refractivity contribution is 7.67. The van der Waals surface area contributed by atoms with E-state index < -0.39 is 11.0 Å². The monoisotopic (exact) mass is 221 g/mol. The van der Waals surface area contributed by atoms with Crippen LogP contribution >= 0.6 is 0 Å². The zero-order chi connectivity index (χ0) is 10.4. The van der Waals surface area contributed by atoms with Gasteiger partial charge < -0.3 is 5.73 Å². The molecule has 14 heavy (non-hydrogen) atoms. The van der Waals surface area contributed by atoms with Crippen LogP contribution in [-0.4, -0.2) is 21.1 Å². The lowest BCUT2D eigenvalue weighted by atomic mass is 9.83. The van der Waals surface area contributed by atoms with Crippen molar-refractivity contribution in [3.05, 3.63) is 0 Å². The lowest BCUT2D eigenvalue weighted by Crippen LogP contribution is -2.32. The van der Waals surface area contributed by atoms with Crippen LogP contribution in [0.5, 0.6) is 0 Å². The summed E-state index contributed by atoms with van der Waals surface area (Å²) in [5.41, 5.74) is 5.96. The Kier molecular flexibility index (Phi) is 5.44. The van der Waals surface area contributed by atoms with Crippen molar-refractivity contribution in [2.45, 2.75) is 44.6 Å². The van der Waals surface area contributed by atoms with Gasteiger partial charge in [-0.05, 0) is 25.2 Å². The molecule has 0 aromatic heterocycles. The summed E-state index contributed by atoms with van der Waals surface area (Å²) in [6, 6.07) is 0.102. The summed E-state index contributed by atoms with van der Waals surface area (Å²) in [5.74, 6) is 0.567. The summed E-state index contributed by atoms with van der Waals surface area (Å²) in [5, 5.41) is 0. The Balaban J connectivity index is 2.16. The van der Waals surface area contributed by atoms with Gasteiger partial charge in [0.1, 0.15) is 0 Å². The molecule has 1 unspecified atom stereocenters. The second-order valence-electron chi connectivity index (χ2n) is 3.91.